The first-order valence-corrected chi connectivity index (χ1v) is 11.5. The number of aromatic nitrogens is 1. The summed E-state index contributed by atoms with van der Waals surface area (Å²) >= 11 is 5.21. The molecule has 1 nitrogen and oxygen atoms in total. The van der Waals surface area contributed by atoms with Crippen LogP contribution >= 0.6 is 11.6 Å². The van der Waals surface area contributed by atoms with Crippen molar-refractivity contribution in [1.29, 1.82) is 0 Å². The van der Waals surface area contributed by atoms with Crippen molar-refractivity contribution in [3.05, 3.63) is 59.6 Å². The molecule has 0 amide bonds. The Morgan fingerprint density at radius 2 is 1.65 bits per heavy atom. The number of fused-ring (bicyclic) bond motifs is 1. The quantitative estimate of drug-likeness (QED) is 0.624. The van der Waals surface area contributed by atoms with Crippen LogP contribution in [0.25, 0.3) is 22.2 Å². The van der Waals surface area contributed by atoms with Gasteiger partial charge in [0.15, 0.2) is 0 Å². The van der Waals surface area contributed by atoms with E-state index in [-0.39, 0.29) is 0 Å². The van der Waals surface area contributed by atoms with Gasteiger partial charge in [-0.25, -0.2) is 0 Å². The van der Waals surface area contributed by atoms with Crippen LogP contribution in [0.1, 0.15) is 0 Å². The van der Waals surface area contributed by atoms with Crippen LogP contribution in [-0.2, 0) is 0 Å². The molecular weight excluding hydrogens is 329 g/mol. The van der Waals surface area contributed by atoms with Gasteiger partial charge in [-0.1, -0.05) is 0 Å². The van der Waals surface area contributed by atoms with E-state index in [1.807, 2.05) is 18.2 Å². The third-order valence-corrected chi connectivity index (χ3v) is 6.36. The molecule has 0 saturated carbocycles. The standard InChI is InChI=1S/C17H15AsClN/c1-18(2)14-6-3-12(4-7-14)16-9-5-13-11-15(19)8-10-17(13)20-16/h3-11H,1-2H3. The monoisotopic (exact) mass is 343 g/mol. The fourth-order valence-corrected chi connectivity index (χ4v) is 3.93. The van der Waals surface area contributed by atoms with E-state index in [0.29, 0.717) is 0 Å². The van der Waals surface area contributed by atoms with Crippen molar-refractivity contribution < 1.29 is 0 Å². The van der Waals surface area contributed by atoms with E-state index in [1.54, 1.807) is 0 Å². The van der Waals surface area contributed by atoms with E-state index in [9.17, 15) is 0 Å². The molecule has 0 radical (unpaired) electrons. The molecule has 2 aromatic carbocycles. The summed E-state index contributed by atoms with van der Waals surface area (Å²) in [5.74, 6) is 0. The molecule has 0 aliphatic heterocycles. The van der Waals surface area contributed by atoms with Crippen LogP contribution in [-0.4, -0.2) is 19.6 Å². The molecule has 0 bridgehead atoms. The molecule has 0 aliphatic carbocycles. The van der Waals surface area contributed by atoms with Crippen molar-refractivity contribution in [2.24, 2.45) is 0 Å². The van der Waals surface area contributed by atoms with Crippen LogP contribution in [0.15, 0.2) is 54.6 Å². The van der Waals surface area contributed by atoms with E-state index >= 15 is 0 Å². The van der Waals surface area contributed by atoms with Crippen molar-refractivity contribution in [2.75, 3.05) is 0 Å². The first-order chi connectivity index (χ1) is 9.63. The molecule has 3 heteroatoms. The molecule has 1 heterocycles. The number of pyridine rings is 1. The van der Waals surface area contributed by atoms with E-state index in [0.717, 1.165) is 21.6 Å². The van der Waals surface area contributed by atoms with Crippen LogP contribution in [0.4, 0.5) is 0 Å². The van der Waals surface area contributed by atoms with E-state index in [4.69, 9.17) is 16.6 Å². The van der Waals surface area contributed by atoms with Gasteiger partial charge < -0.3 is 0 Å². The van der Waals surface area contributed by atoms with E-state index < -0.39 is 14.7 Å². The second kappa shape index (κ2) is 5.60. The molecule has 1 aromatic heterocycles. The Morgan fingerprint density at radius 3 is 2.35 bits per heavy atom. The van der Waals surface area contributed by atoms with Gasteiger partial charge in [0.25, 0.3) is 0 Å². The van der Waals surface area contributed by atoms with Crippen LogP contribution < -0.4 is 4.35 Å². The number of benzene rings is 2. The minimum atomic E-state index is -0.788. The van der Waals surface area contributed by atoms with Crippen molar-refractivity contribution in [2.45, 2.75) is 11.4 Å². The molecular formula is C17H15AsClN. The molecule has 0 unspecified atom stereocenters. The zero-order valence-electron chi connectivity index (χ0n) is 11.5. The number of rotatable bonds is 2. The molecule has 3 aromatic rings. The molecule has 3 rings (SSSR count). The molecule has 0 atom stereocenters. The van der Waals surface area contributed by atoms with E-state index in [2.05, 4.69) is 47.8 Å². The average molecular weight is 344 g/mol. The Balaban J connectivity index is 2.03. The number of nitrogens with zero attached hydrogens (tertiary/aromatic N) is 1. The van der Waals surface area contributed by atoms with Crippen LogP contribution in [0, 0.1) is 0 Å². The predicted molar refractivity (Wildman–Crippen MR) is 89.3 cm³/mol. The molecule has 0 fully saturated rings. The van der Waals surface area contributed by atoms with Crippen molar-refractivity contribution >= 4 is 41.5 Å². The number of hydrogen-bond acceptors (Lipinski definition) is 1. The maximum atomic E-state index is 6.00. The summed E-state index contributed by atoms with van der Waals surface area (Å²) in [7, 11) is 0. The SMILES string of the molecule is C[As](C)c1ccc(-c2ccc3cc(Cl)ccc3n2)cc1. The van der Waals surface area contributed by atoms with Crippen molar-refractivity contribution in [1.82, 2.24) is 4.98 Å². The summed E-state index contributed by atoms with van der Waals surface area (Å²) in [4.78, 5) is 4.71. The van der Waals surface area contributed by atoms with Gasteiger partial charge in [0.2, 0.25) is 0 Å². The van der Waals surface area contributed by atoms with Crippen molar-refractivity contribution in [3.63, 3.8) is 0 Å². The number of hydrogen-bond donors (Lipinski definition) is 0. The zero-order valence-corrected chi connectivity index (χ0v) is 14.1. The Labute approximate surface area is 128 Å². The second-order valence-electron chi connectivity index (χ2n) is 4.97. The Bertz CT molecular complexity index is 751. The normalized spacial score (nSPS) is 11.2. The van der Waals surface area contributed by atoms with Crippen LogP contribution in [0.3, 0.4) is 0 Å². The maximum absolute atomic E-state index is 6.00. The van der Waals surface area contributed by atoms with Crippen molar-refractivity contribution in [3.8, 4) is 11.3 Å². The topological polar surface area (TPSA) is 12.9 Å². The van der Waals surface area contributed by atoms with Gasteiger partial charge >= 0.3 is 129 Å². The van der Waals surface area contributed by atoms with E-state index in [1.165, 1.54) is 9.91 Å². The second-order valence-corrected chi connectivity index (χ2v) is 10.2. The summed E-state index contributed by atoms with van der Waals surface area (Å²) in [5, 5.41) is 1.83. The van der Waals surface area contributed by atoms with Gasteiger partial charge in [-0.3, -0.25) is 0 Å². The summed E-state index contributed by atoms with van der Waals surface area (Å²) < 4.78 is 1.49. The molecule has 0 N–H and O–H groups in total. The van der Waals surface area contributed by atoms with Gasteiger partial charge in [-0.2, -0.15) is 0 Å². The molecule has 0 aliphatic rings. The summed E-state index contributed by atoms with van der Waals surface area (Å²) in [5.41, 5.74) is 7.86. The first-order valence-electron chi connectivity index (χ1n) is 6.47. The fraction of sp³-hybridized carbons (Fsp3) is 0.118. The van der Waals surface area contributed by atoms with Gasteiger partial charge in [-0.15, -0.1) is 0 Å². The molecule has 20 heavy (non-hydrogen) atoms. The van der Waals surface area contributed by atoms with Crippen LogP contribution in [0.2, 0.25) is 16.4 Å². The summed E-state index contributed by atoms with van der Waals surface area (Å²) in [6.07, 6.45) is 0. The van der Waals surface area contributed by atoms with Gasteiger partial charge in [0.1, 0.15) is 0 Å². The molecule has 0 saturated heterocycles. The fourth-order valence-electron chi connectivity index (χ4n) is 2.19. The third kappa shape index (κ3) is 2.75. The Morgan fingerprint density at radius 1 is 0.900 bits per heavy atom. The Kier molecular flexibility index (Phi) is 3.82. The van der Waals surface area contributed by atoms with Gasteiger partial charge in [0, 0.05) is 0 Å². The summed E-state index contributed by atoms with van der Waals surface area (Å²) in [6.45, 7) is 0. The zero-order chi connectivity index (χ0) is 14.1. The third-order valence-electron chi connectivity index (χ3n) is 3.33. The first kappa shape index (κ1) is 13.7. The number of halogens is 1. The minimum absolute atomic E-state index is 0.749. The predicted octanol–water partition coefficient (Wildman–Crippen LogP) is 4.52. The average Bonchev–Trinajstić information content (AvgIpc) is 2.47. The van der Waals surface area contributed by atoms with Gasteiger partial charge in [0.05, 0.1) is 0 Å². The van der Waals surface area contributed by atoms with Crippen LogP contribution in [0.5, 0.6) is 0 Å². The molecule has 0 spiro atoms. The Hall–Kier alpha value is -1.30. The molecule has 100 valence electrons. The summed E-state index contributed by atoms with van der Waals surface area (Å²) in [6, 6.07) is 18.8. The van der Waals surface area contributed by atoms with Gasteiger partial charge in [-0.05, 0) is 0 Å².